The standard InChI is InChI=1S/C21H20N6O3S/c28-21-25-19-16(8-4-11-22-19)27(21)18-10-9-17-20(24-18)26(13-5-12-23-31(17,29)30)14-15-6-2-1-3-7-15/h1-4,6-11,23H,5,12-14H2,(H,22,25,28). The topological polar surface area (TPSA) is 113 Å². The minimum atomic E-state index is -3.73. The number of sulfonamides is 1. The highest BCUT2D eigenvalue weighted by Gasteiger charge is 2.27. The summed E-state index contributed by atoms with van der Waals surface area (Å²) < 4.78 is 29.7. The molecule has 0 unspecified atom stereocenters. The lowest BCUT2D eigenvalue weighted by molar-refractivity contribution is 0.571. The maximum absolute atomic E-state index is 12.9. The summed E-state index contributed by atoms with van der Waals surface area (Å²) in [5.74, 6) is 0.649. The number of anilines is 1. The molecular formula is C21H20N6O3S. The van der Waals surface area contributed by atoms with E-state index >= 15 is 0 Å². The molecule has 3 aromatic heterocycles. The Kier molecular flexibility index (Phi) is 4.79. The molecule has 5 rings (SSSR count). The second kappa shape index (κ2) is 7.64. The van der Waals surface area contributed by atoms with Crippen LogP contribution in [0.3, 0.4) is 0 Å². The van der Waals surface area contributed by atoms with Gasteiger partial charge in [-0.25, -0.2) is 32.5 Å². The van der Waals surface area contributed by atoms with Crippen LogP contribution in [-0.4, -0.2) is 41.0 Å². The zero-order valence-corrected chi connectivity index (χ0v) is 17.3. The minimum absolute atomic E-state index is 0.0953. The van der Waals surface area contributed by atoms with E-state index < -0.39 is 10.0 Å². The maximum atomic E-state index is 12.9. The fourth-order valence-electron chi connectivity index (χ4n) is 3.77. The number of hydrogen-bond acceptors (Lipinski definition) is 6. The van der Waals surface area contributed by atoms with Crippen LogP contribution in [0, 0.1) is 0 Å². The molecule has 4 aromatic rings. The molecule has 1 aliphatic heterocycles. The van der Waals surface area contributed by atoms with Crippen LogP contribution in [0.2, 0.25) is 0 Å². The zero-order chi connectivity index (χ0) is 21.4. The van der Waals surface area contributed by atoms with Crippen molar-refractivity contribution in [3.05, 3.63) is 76.8 Å². The quantitative estimate of drug-likeness (QED) is 0.506. The first kappa shape index (κ1) is 19.5. The van der Waals surface area contributed by atoms with E-state index in [0.717, 1.165) is 5.56 Å². The van der Waals surface area contributed by atoms with Gasteiger partial charge in [-0.1, -0.05) is 30.3 Å². The number of nitrogens with one attached hydrogen (secondary N) is 2. The van der Waals surface area contributed by atoms with E-state index in [1.165, 1.54) is 10.6 Å². The van der Waals surface area contributed by atoms with Crippen molar-refractivity contribution in [3.63, 3.8) is 0 Å². The molecule has 158 valence electrons. The fraction of sp³-hybridized carbons (Fsp3) is 0.190. The van der Waals surface area contributed by atoms with Crippen LogP contribution >= 0.6 is 0 Å². The Morgan fingerprint density at radius 3 is 2.71 bits per heavy atom. The van der Waals surface area contributed by atoms with Crippen LogP contribution in [0.4, 0.5) is 5.82 Å². The second-order valence-corrected chi connectivity index (χ2v) is 9.02. The molecule has 0 radical (unpaired) electrons. The first-order chi connectivity index (χ1) is 15.0. The van der Waals surface area contributed by atoms with Crippen LogP contribution in [0.15, 0.2) is 70.5 Å². The van der Waals surface area contributed by atoms with E-state index in [4.69, 9.17) is 0 Å². The number of imidazole rings is 1. The summed E-state index contributed by atoms with van der Waals surface area (Å²) in [5.41, 5.74) is 1.67. The maximum Gasteiger partial charge on any atom is 0.333 e. The lowest BCUT2D eigenvalue weighted by Gasteiger charge is -2.28. The van der Waals surface area contributed by atoms with Crippen molar-refractivity contribution in [3.8, 4) is 5.82 Å². The molecule has 0 amide bonds. The Balaban J connectivity index is 1.69. The smallest absolute Gasteiger partial charge is 0.333 e. The number of aromatic amines is 1. The van der Waals surface area contributed by atoms with Gasteiger partial charge in [0.05, 0.1) is 5.52 Å². The fourth-order valence-corrected chi connectivity index (χ4v) is 5.00. The SMILES string of the molecule is O=c1[nH]c2ncccc2n1-c1ccc2c(n1)N(Cc1ccccc1)CCCNS2(=O)=O. The van der Waals surface area contributed by atoms with Crippen molar-refractivity contribution in [2.24, 2.45) is 0 Å². The Morgan fingerprint density at radius 2 is 1.87 bits per heavy atom. The van der Waals surface area contributed by atoms with Gasteiger partial charge in [0.1, 0.15) is 10.7 Å². The van der Waals surface area contributed by atoms with E-state index in [9.17, 15) is 13.2 Å². The van der Waals surface area contributed by atoms with E-state index in [1.54, 1.807) is 24.4 Å². The highest BCUT2D eigenvalue weighted by atomic mass is 32.2. The molecule has 0 fully saturated rings. The molecule has 0 atom stereocenters. The van der Waals surface area contributed by atoms with E-state index in [0.29, 0.717) is 48.9 Å². The van der Waals surface area contributed by atoms with Gasteiger partial charge in [-0.05, 0) is 36.2 Å². The van der Waals surface area contributed by atoms with Crippen LogP contribution in [0.1, 0.15) is 12.0 Å². The number of pyridine rings is 2. The number of fused-ring (bicyclic) bond motifs is 2. The van der Waals surface area contributed by atoms with Crippen LogP contribution in [-0.2, 0) is 16.6 Å². The molecule has 0 spiro atoms. The zero-order valence-electron chi connectivity index (χ0n) is 16.5. The molecule has 4 heterocycles. The summed E-state index contributed by atoms with van der Waals surface area (Å²) >= 11 is 0. The van der Waals surface area contributed by atoms with E-state index in [-0.39, 0.29) is 10.6 Å². The summed E-state index contributed by atoms with van der Waals surface area (Å²) in [4.78, 5) is 26.2. The highest BCUT2D eigenvalue weighted by molar-refractivity contribution is 7.89. The third-order valence-corrected chi connectivity index (χ3v) is 6.69. The molecule has 0 saturated heterocycles. The van der Waals surface area contributed by atoms with Gasteiger partial charge in [0.25, 0.3) is 0 Å². The van der Waals surface area contributed by atoms with Crippen molar-refractivity contribution in [1.29, 1.82) is 0 Å². The lowest BCUT2D eigenvalue weighted by Crippen LogP contribution is -2.36. The van der Waals surface area contributed by atoms with Gasteiger partial charge >= 0.3 is 5.69 Å². The number of hydrogen-bond donors (Lipinski definition) is 2. The van der Waals surface area contributed by atoms with Crippen molar-refractivity contribution >= 4 is 27.0 Å². The first-order valence-corrected chi connectivity index (χ1v) is 11.4. The molecule has 0 bridgehead atoms. The van der Waals surface area contributed by atoms with Crippen LogP contribution < -0.4 is 15.3 Å². The summed E-state index contributed by atoms with van der Waals surface area (Å²) in [6.07, 6.45) is 2.23. The van der Waals surface area contributed by atoms with E-state index in [1.807, 2.05) is 35.2 Å². The van der Waals surface area contributed by atoms with Crippen LogP contribution in [0.5, 0.6) is 0 Å². The molecule has 0 saturated carbocycles. The molecule has 0 aliphatic carbocycles. The summed E-state index contributed by atoms with van der Waals surface area (Å²) in [7, 11) is -3.73. The normalized spacial score (nSPS) is 15.9. The van der Waals surface area contributed by atoms with Gasteiger partial charge in [0, 0.05) is 25.8 Å². The number of aromatic nitrogens is 4. The van der Waals surface area contributed by atoms with Crippen molar-refractivity contribution in [2.45, 2.75) is 17.9 Å². The van der Waals surface area contributed by atoms with Gasteiger partial charge in [0.15, 0.2) is 11.5 Å². The number of nitrogens with zero attached hydrogens (tertiary/aromatic N) is 4. The molecule has 10 heteroatoms. The Labute approximate surface area is 178 Å². The second-order valence-electron chi connectivity index (χ2n) is 7.29. The Hall–Kier alpha value is -3.50. The predicted molar refractivity (Wildman–Crippen MR) is 117 cm³/mol. The third kappa shape index (κ3) is 3.60. The molecule has 2 N–H and O–H groups in total. The predicted octanol–water partition coefficient (Wildman–Crippen LogP) is 1.80. The van der Waals surface area contributed by atoms with Gasteiger partial charge in [-0.3, -0.25) is 4.98 Å². The van der Waals surface area contributed by atoms with Gasteiger partial charge < -0.3 is 4.90 Å². The third-order valence-electron chi connectivity index (χ3n) is 5.21. The van der Waals surface area contributed by atoms with Gasteiger partial charge in [-0.2, -0.15) is 0 Å². The first-order valence-electron chi connectivity index (χ1n) is 9.89. The molecular weight excluding hydrogens is 416 g/mol. The van der Waals surface area contributed by atoms with Crippen molar-refractivity contribution < 1.29 is 8.42 Å². The molecule has 1 aliphatic rings. The number of benzene rings is 1. The molecule has 31 heavy (non-hydrogen) atoms. The lowest BCUT2D eigenvalue weighted by atomic mass is 10.2. The highest BCUT2D eigenvalue weighted by Crippen LogP contribution is 2.28. The molecule has 9 nitrogen and oxygen atoms in total. The summed E-state index contributed by atoms with van der Waals surface area (Å²) in [6, 6.07) is 16.4. The molecule has 1 aromatic carbocycles. The summed E-state index contributed by atoms with van der Waals surface area (Å²) in [5, 5.41) is 0. The van der Waals surface area contributed by atoms with Crippen LogP contribution in [0.25, 0.3) is 17.0 Å². The van der Waals surface area contributed by atoms with Gasteiger partial charge in [0.2, 0.25) is 10.0 Å². The van der Waals surface area contributed by atoms with Crippen molar-refractivity contribution in [2.75, 3.05) is 18.0 Å². The van der Waals surface area contributed by atoms with Crippen molar-refractivity contribution in [1.82, 2.24) is 24.2 Å². The number of rotatable bonds is 3. The number of H-pyrrole nitrogens is 1. The average molecular weight is 436 g/mol. The summed E-state index contributed by atoms with van der Waals surface area (Å²) in [6.45, 7) is 1.47. The average Bonchev–Trinajstić information content (AvgIpc) is 3.11. The largest absolute Gasteiger partial charge is 0.351 e. The Bertz CT molecular complexity index is 1410. The Morgan fingerprint density at radius 1 is 1.03 bits per heavy atom. The van der Waals surface area contributed by atoms with E-state index in [2.05, 4.69) is 19.7 Å². The minimum Gasteiger partial charge on any atom is -0.351 e. The van der Waals surface area contributed by atoms with Gasteiger partial charge in [-0.15, -0.1) is 0 Å². The monoisotopic (exact) mass is 436 g/mol.